The van der Waals surface area contributed by atoms with Crippen molar-refractivity contribution in [2.75, 3.05) is 7.11 Å². The summed E-state index contributed by atoms with van der Waals surface area (Å²) in [5.74, 6) is 0.140. The molecule has 0 amide bonds. The topological polar surface area (TPSA) is 76.6 Å². The van der Waals surface area contributed by atoms with Crippen LogP contribution in [-0.4, -0.2) is 32.0 Å². The van der Waals surface area contributed by atoms with Gasteiger partial charge in [0.2, 0.25) is 11.8 Å². The molecule has 4 aromatic rings. The molecule has 0 aliphatic heterocycles. The van der Waals surface area contributed by atoms with Gasteiger partial charge in [0.15, 0.2) is 0 Å². The Kier molecular flexibility index (Phi) is 4.74. The lowest BCUT2D eigenvalue weighted by Gasteiger charge is -2.06. The zero-order chi connectivity index (χ0) is 18.6. The Morgan fingerprint density at radius 2 is 1.96 bits per heavy atom. The minimum Gasteiger partial charge on any atom is -0.481 e. The second-order valence-corrected chi connectivity index (χ2v) is 6.24. The fraction of sp³-hybridized carbons (Fsp3) is 0.200. The number of hydrogen-bond donors (Lipinski definition) is 1. The predicted molar refractivity (Wildman–Crippen MR) is 99.1 cm³/mol. The van der Waals surface area contributed by atoms with Crippen LogP contribution in [0.4, 0.5) is 4.39 Å². The summed E-state index contributed by atoms with van der Waals surface area (Å²) in [6, 6.07) is 7.44. The third kappa shape index (κ3) is 3.76. The van der Waals surface area contributed by atoms with Crippen LogP contribution in [0.15, 0.2) is 49.2 Å². The number of nitrogens with one attached hydrogen (secondary N) is 1. The lowest BCUT2D eigenvalue weighted by molar-refractivity contribution is 0.397. The maximum absolute atomic E-state index is 14.5. The van der Waals surface area contributed by atoms with Crippen LogP contribution in [0, 0.1) is 5.95 Å². The minimum atomic E-state index is -0.438. The van der Waals surface area contributed by atoms with Gasteiger partial charge < -0.3 is 9.72 Å². The molecule has 136 valence electrons. The SMILES string of the molecule is COc1ccc(CCc2ccc(Cc3c[nH]c4ncncc34)c(F)n2)cn1. The zero-order valence-electron chi connectivity index (χ0n) is 14.8. The van der Waals surface area contributed by atoms with E-state index in [2.05, 4.69) is 24.9 Å². The van der Waals surface area contributed by atoms with Crippen LogP contribution in [0.25, 0.3) is 11.0 Å². The van der Waals surface area contributed by atoms with Gasteiger partial charge in [-0.2, -0.15) is 4.39 Å². The van der Waals surface area contributed by atoms with E-state index in [-0.39, 0.29) is 0 Å². The molecule has 0 unspecified atom stereocenters. The van der Waals surface area contributed by atoms with Crippen molar-refractivity contribution in [1.29, 1.82) is 0 Å². The molecule has 0 bridgehead atoms. The lowest BCUT2D eigenvalue weighted by Crippen LogP contribution is -2.01. The van der Waals surface area contributed by atoms with Crippen LogP contribution in [0.2, 0.25) is 0 Å². The number of halogens is 1. The van der Waals surface area contributed by atoms with E-state index in [1.54, 1.807) is 25.6 Å². The number of rotatable bonds is 6. The van der Waals surface area contributed by atoms with Gasteiger partial charge >= 0.3 is 0 Å². The highest BCUT2D eigenvalue weighted by Gasteiger charge is 2.11. The number of fused-ring (bicyclic) bond motifs is 1. The first-order chi connectivity index (χ1) is 13.2. The Balaban J connectivity index is 1.45. The molecule has 0 aliphatic carbocycles. The first-order valence-electron chi connectivity index (χ1n) is 8.62. The number of pyridine rings is 2. The van der Waals surface area contributed by atoms with Crippen LogP contribution < -0.4 is 4.74 Å². The summed E-state index contributed by atoms with van der Waals surface area (Å²) < 4.78 is 19.5. The van der Waals surface area contributed by atoms with E-state index < -0.39 is 5.95 Å². The highest BCUT2D eigenvalue weighted by atomic mass is 19.1. The monoisotopic (exact) mass is 363 g/mol. The maximum Gasteiger partial charge on any atom is 0.216 e. The van der Waals surface area contributed by atoms with Crippen molar-refractivity contribution in [3.63, 3.8) is 0 Å². The summed E-state index contributed by atoms with van der Waals surface area (Å²) in [6.07, 6.45) is 8.64. The van der Waals surface area contributed by atoms with Gasteiger partial charge in [0.05, 0.1) is 7.11 Å². The first-order valence-corrected chi connectivity index (χ1v) is 8.62. The van der Waals surface area contributed by atoms with E-state index in [4.69, 9.17) is 4.74 Å². The third-order valence-electron chi connectivity index (χ3n) is 4.48. The number of hydrogen-bond acceptors (Lipinski definition) is 5. The smallest absolute Gasteiger partial charge is 0.216 e. The molecule has 6 nitrogen and oxygen atoms in total. The quantitative estimate of drug-likeness (QED) is 0.532. The van der Waals surface area contributed by atoms with Crippen LogP contribution in [0.3, 0.4) is 0 Å². The normalized spacial score (nSPS) is 11.0. The highest BCUT2D eigenvalue weighted by Crippen LogP contribution is 2.20. The Morgan fingerprint density at radius 1 is 1.04 bits per heavy atom. The van der Waals surface area contributed by atoms with Gasteiger partial charge in [-0.25, -0.2) is 19.9 Å². The fourth-order valence-corrected chi connectivity index (χ4v) is 2.99. The molecule has 4 rings (SSSR count). The standard InChI is InChI=1S/C20H18FN5O/c1-27-18-7-3-13(9-23-18)2-5-16-6-4-14(19(21)26-16)8-15-10-24-20-17(15)11-22-12-25-20/h3-4,6-7,9-12H,2,5,8H2,1H3,(H,22,24,25). The molecular formula is C20H18FN5O. The van der Waals surface area contributed by atoms with Crippen molar-refractivity contribution in [2.24, 2.45) is 0 Å². The molecule has 7 heteroatoms. The Morgan fingerprint density at radius 3 is 2.74 bits per heavy atom. The summed E-state index contributed by atoms with van der Waals surface area (Å²) >= 11 is 0. The maximum atomic E-state index is 14.5. The Hall–Kier alpha value is -3.35. The molecular weight excluding hydrogens is 345 g/mol. The van der Waals surface area contributed by atoms with Gasteiger partial charge in [-0.3, -0.25) is 0 Å². The Labute approximate surface area is 155 Å². The van der Waals surface area contributed by atoms with Gasteiger partial charge in [-0.05, 0) is 30.0 Å². The second-order valence-electron chi connectivity index (χ2n) is 6.24. The lowest BCUT2D eigenvalue weighted by atomic mass is 10.1. The second kappa shape index (κ2) is 7.49. The van der Waals surface area contributed by atoms with Crippen molar-refractivity contribution in [3.05, 3.63) is 77.5 Å². The van der Waals surface area contributed by atoms with E-state index in [1.807, 2.05) is 24.4 Å². The van der Waals surface area contributed by atoms with Crippen LogP contribution in [0.1, 0.15) is 22.4 Å². The van der Waals surface area contributed by atoms with Crippen molar-refractivity contribution in [1.82, 2.24) is 24.9 Å². The molecule has 0 spiro atoms. The summed E-state index contributed by atoms with van der Waals surface area (Å²) in [5, 5.41) is 0.896. The summed E-state index contributed by atoms with van der Waals surface area (Å²) in [6.45, 7) is 0. The average Bonchev–Trinajstić information content (AvgIpc) is 3.11. The van der Waals surface area contributed by atoms with Crippen molar-refractivity contribution in [2.45, 2.75) is 19.3 Å². The number of aryl methyl sites for hydroxylation is 2. The summed E-state index contributed by atoms with van der Waals surface area (Å²) in [4.78, 5) is 19.6. The largest absolute Gasteiger partial charge is 0.481 e. The molecule has 0 aliphatic rings. The number of aromatic amines is 1. The fourth-order valence-electron chi connectivity index (χ4n) is 2.99. The number of methoxy groups -OCH3 is 1. The van der Waals surface area contributed by atoms with Gasteiger partial charge in [0, 0.05) is 47.7 Å². The highest BCUT2D eigenvalue weighted by molar-refractivity contribution is 5.78. The number of aromatic nitrogens is 5. The van der Waals surface area contributed by atoms with Gasteiger partial charge in [0.25, 0.3) is 0 Å². The number of ether oxygens (including phenoxy) is 1. The number of H-pyrrole nitrogens is 1. The summed E-state index contributed by atoms with van der Waals surface area (Å²) in [7, 11) is 1.58. The average molecular weight is 363 g/mol. The molecule has 27 heavy (non-hydrogen) atoms. The van der Waals surface area contributed by atoms with Gasteiger partial charge in [-0.1, -0.05) is 12.1 Å². The third-order valence-corrected chi connectivity index (χ3v) is 4.48. The van der Waals surface area contributed by atoms with Crippen LogP contribution >= 0.6 is 0 Å². The molecule has 4 heterocycles. The predicted octanol–water partition coefficient (Wildman–Crippen LogP) is 3.27. The van der Waals surface area contributed by atoms with Crippen molar-refractivity contribution in [3.8, 4) is 5.88 Å². The summed E-state index contributed by atoms with van der Waals surface area (Å²) in [5.41, 5.74) is 4.02. The molecule has 0 radical (unpaired) electrons. The zero-order valence-corrected chi connectivity index (χ0v) is 14.8. The van der Waals surface area contributed by atoms with E-state index in [0.29, 0.717) is 30.0 Å². The van der Waals surface area contributed by atoms with E-state index in [1.165, 1.54) is 6.33 Å². The van der Waals surface area contributed by atoms with Crippen molar-refractivity contribution >= 4 is 11.0 Å². The van der Waals surface area contributed by atoms with Crippen LogP contribution in [-0.2, 0) is 19.3 Å². The van der Waals surface area contributed by atoms with Crippen LogP contribution in [0.5, 0.6) is 5.88 Å². The van der Waals surface area contributed by atoms with E-state index in [0.717, 1.165) is 28.6 Å². The van der Waals surface area contributed by atoms with E-state index in [9.17, 15) is 4.39 Å². The molecule has 1 N–H and O–H groups in total. The molecule has 4 aromatic heterocycles. The Bertz CT molecular complexity index is 1060. The minimum absolute atomic E-state index is 0.438. The first kappa shape index (κ1) is 17.1. The number of nitrogens with zero attached hydrogens (tertiary/aromatic N) is 4. The van der Waals surface area contributed by atoms with Gasteiger partial charge in [0.1, 0.15) is 12.0 Å². The van der Waals surface area contributed by atoms with Gasteiger partial charge in [-0.15, -0.1) is 0 Å². The molecule has 0 saturated heterocycles. The molecule has 0 saturated carbocycles. The van der Waals surface area contributed by atoms with E-state index >= 15 is 0 Å². The van der Waals surface area contributed by atoms with Crippen molar-refractivity contribution < 1.29 is 9.13 Å². The molecule has 0 atom stereocenters. The molecule has 0 aromatic carbocycles. The molecule has 0 fully saturated rings.